The van der Waals surface area contributed by atoms with Gasteiger partial charge >= 0.3 is 0 Å². The highest BCUT2D eigenvalue weighted by molar-refractivity contribution is 7.99. The topological polar surface area (TPSA) is 80.4 Å². The van der Waals surface area contributed by atoms with Gasteiger partial charge in [0, 0.05) is 29.8 Å². The smallest absolute Gasteiger partial charge is 0.169 e. The zero-order valence-electron chi connectivity index (χ0n) is 16.4. The normalized spacial score (nSPS) is 12.2. The number of ether oxygens (including phenoxy) is 1. The molecule has 1 atom stereocenters. The third kappa shape index (κ3) is 5.18. The Morgan fingerprint density at radius 1 is 0.967 bits per heavy atom. The van der Waals surface area contributed by atoms with E-state index >= 15 is 0 Å². The van der Waals surface area contributed by atoms with Gasteiger partial charge in [-0.05, 0) is 21.8 Å². The molecule has 4 rings (SSSR count). The maximum atomic E-state index is 10.2. The molecule has 0 aliphatic heterocycles. The molecule has 0 bridgehead atoms. The van der Waals surface area contributed by atoms with Crippen LogP contribution >= 0.6 is 11.8 Å². The van der Waals surface area contributed by atoms with E-state index in [0.29, 0.717) is 6.54 Å². The molecule has 1 heterocycles. The van der Waals surface area contributed by atoms with E-state index in [1.54, 1.807) is 11.8 Å². The fourth-order valence-corrected chi connectivity index (χ4v) is 3.92. The number of benzene rings is 3. The lowest BCUT2D eigenvalue weighted by molar-refractivity contribution is 0.108. The molecular weight excluding hydrogens is 398 g/mol. The van der Waals surface area contributed by atoms with Gasteiger partial charge in [0.25, 0.3) is 0 Å². The molecule has 4 aromatic rings. The van der Waals surface area contributed by atoms with Crippen LogP contribution in [0.5, 0.6) is 5.75 Å². The minimum atomic E-state index is -0.595. The Kier molecular flexibility index (Phi) is 6.97. The molecule has 30 heavy (non-hydrogen) atoms. The summed E-state index contributed by atoms with van der Waals surface area (Å²) >= 11 is 1.57. The third-order valence-electron chi connectivity index (χ3n) is 4.58. The van der Waals surface area contributed by atoms with Gasteiger partial charge in [-0.1, -0.05) is 78.5 Å². The van der Waals surface area contributed by atoms with Crippen LogP contribution in [0.1, 0.15) is 0 Å². The lowest BCUT2D eigenvalue weighted by Gasteiger charge is -2.14. The van der Waals surface area contributed by atoms with Crippen molar-refractivity contribution in [3.63, 3.8) is 0 Å². The summed E-state index contributed by atoms with van der Waals surface area (Å²) in [5.74, 6) is 1.57. The summed E-state index contributed by atoms with van der Waals surface area (Å²) in [6.45, 7) is 1.41. The van der Waals surface area contributed by atoms with Crippen LogP contribution in [0.2, 0.25) is 0 Å². The molecule has 154 valence electrons. The standard InChI is InChI=1S/C23H23N3O3S/c27-19(16-28-21-12-6-10-17-7-4-5-11-20(17)21)15-24-13-14-30-23-22(25-29-26-23)18-8-2-1-3-9-18/h1-12,19,24,27H,13-16H2. The quantitative estimate of drug-likeness (QED) is 0.296. The van der Waals surface area contributed by atoms with Crippen molar-refractivity contribution in [2.24, 2.45) is 0 Å². The molecule has 0 fully saturated rings. The first-order chi connectivity index (χ1) is 14.8. The second-order valence-corrected chi connectivity index (χ2v) is 7.86. The van der Waals surface area contributed by atoms with Gasteiger partial charge in [0.1, 0.15) is 24.2 Å². The van der Waals surface area contributed by atoms with Crippen molar-refractivity contribution < 1.29 is 14.5 Å². The molecule has 0 aliphatic carbocycles. The van der Waals surface area contributed by atoms with E-state index in [0.717, 1.165) is 45.1 Å². The second kappa shape index (κ2) is 10.2. The summed E-state index contributed by atoms with van der Waals surface area (Å²) in [4.78, 5) is 0. The lowest BCUT2D eigenvalue weighted by atomic mass is 10.1. The average Bonchev–Trinajstić information content (AvgIpc) is 3.26. The highest BCUT2D eigenvalue weighted by Crippen LogP contribution is 2.28. The van der Waals surface area contributed by atoms with Crippen LogP contribution in [0, 0.1) is 0 Å². The molecule has 2 N–H and O–H groups in total. The van der Waals surface area contributed by atoms with Crippen molar-refractivity contribution in [3.8, 4) is 17.0 Å². The van der Waals surface area contributed by atoms with Crippen molar-refractivity contribution in [3.05, 3.63) is 72.8 Å². The van der Waals surface area contributed by atoms with Gasteiger partial charge in [-0.3, -0.25) is 0 Å². The van der Waals surface area contributed by atoms with E-state index in [9.17, 15) is 5.11 Å². The zero-order chi connectivity index (χ0) is 20.6. The molecule has 0 radical (unpaired) electrons. The zero-order valence-corrected chi connectivity index (χ0v) is 17.2. The third-order valence-corrected chi connectivity index (χ3v) is 5.53. The second-order valence-electron chi connectivity index (χ2n) is 6.78. The van der Waals surface area contributed by atoms with Crippen LogP contribution in [0.4, 0.5) is 0 Å². The Morgan fingerprint density at radius 2 is 1.77 bits per heavy atom. The number of thioether (sulfide) groups is 1. The molecule has 0 aliphatic rings. The molecule has 6 nitrogen and oxygen atoms in total. The van der Waals surface area contributed by atoms with Gasteiger partial charge < -0.3 is 15.2 Å². The molecule has 3 aromatic carbocycles. The Labute approximate surface area is 179 Å². The van der Waals surface area contributed by atoms with E-state index in [1.165, 1.54) is 0 Å². The maximum absolute atomic E-state index is 10.2. The first kappa shape index (κ1) is 20.4. The first-order valence-corrected chi connectivity index (χ1v) is 10.8. The number of aliphatic hydroxyl groups excluding tert-OH is 1. The minimum absolute atomic E-state index is 0.236. The maximum Gasteiger partial charge on any atom is 0.169 e. The van der Waals surface area contributed by atoms with Crippen molar-refractivity contribution in [1.29, 1.82) is 0 Å². The summed E-state index contributed by atoms with van der Waals surface area (Å²) in [6, 6.07) is 23.8. The number of rotatable bonds is 10. The highest BCUT2D eigenvalue weighted by Gasteiger charge is 2.12. The van der Waals surface area contributed by atoms with E-state index in [1.807, 2.05) is 72.8 Å². The van der Waals surface area contributed by atoms with E-state index in [4.69, 9.17) is 9.37 Å². The fourth-order valence-electron chi connectivity index (χ4n) is 3.10. The summed E-state index contributed by atoms with van der Waals surface area (Å²) in [7, 11) is 0. The van der Waals surface area contributed by atoms with Crippen molar-refractivity contribution >= 4 is 22.5 Å². The van der Waals surface area contributed by atoms with Gasteiger partial charge in [0.2, 0.25) is 0 Å². The van der Waals surface area contributed by atoms with Crippen LogP contribution in [0.25, 0.3) is 22.0 Å². The SMILES string of the molecule is OC(CNCCSc1nonc1-c1ccccc1)COc1cccc2ccccc12. The number of fused-ring (bicyclic) bond motifs is 1. The average molecular weight is 422 g/mol. The van der Waals surface area contributed by atoms with Crippen LogP contribution in [0.15, 0.2) is 82.5 Å². The largest absolute Gasteiger partial charge is 0.490 e. The van der Waals surface area contributed by atoms with Crippen LogP contribution < -0.4 is 10.1 Å². The molecular formula is C23H23N3O3S. The number of aliphatic hydroxyl groups is 1. The van der Waals surface area contributed by atoms with Crippen LogP contribution in [-0.2, 0) is 0 Å². The van der Waals surface area contributed by atoms with Crippen molar-refractivity contribution in [2.45, 2.75) is 11.1 Å². The van der Waals surface area contributed by atoms with Crippen molar-refractivity contribution in [2.75, 3.05) is 25.4 Å². The predicted molar refractivity (Wildman–Crippen MR) is 119 cm³/mol. The fraction of sp³-hybridized carbons (Fsp3) is 0.217. The monoisotopic (exact) mass is 421 g/mol. The molecule has 0 amide bonds. The van der Waals surface area contributed by atoms with Gasteiger partial charge in [-0.25, -0.2) is 4.63 Å². The Hall–Kier alpha value is -2.87. The summed E-state index contributed by atoms with van der Waals surface area (Å²) in [5.41, 5.74) is 1.74. The molecule has 0 saturated carbocycles. The van der Waals surface area contributed by atoms with Gasteiger partial charge in [0.15, 0.2) is 5.03 Å². The Bertz CT molecular complexity index is 1070. The first-order valence-electron chi connectivity index (χ1n) is 9.81. The van der Waals surface area contributed by atoms with Gasteiger partial charge in [-0.15, -0.1) is 0 Å². The van der Waals surface area contributed by atoms with E-state index in [2.05, 4.69) is 15.6 Å². The molecule has 0 saturated heterocycles. The Morgan fingerprint density at radius 3 is 2.67 bits per heavy atom. The number of aromatic nitrogens is 2. The number of hydrogen-bond acceptors (Lipinski definition) is 7. The van der Waals surface area contributed by atoms with Gasteiger partial charge in [-0.2, -0.15) is 0 Å². The molecule has 7 heteroatoms. The van der Waals surface area contributed by atoms with Gasteiger partial charge in [0.05, 0.1) is 0 Å². The predicted octanol–water partition coefficient (Wildman–Crippen LogP) is 4.01. The Balaban J connectivity index is 1.19. The number of nitrogens with one attached hydrogen (secondary N) is 1. The molecule has 0 spiro atoms. The van der Waals surface area contributed by atoms with Crippen LogP contribution in [0.3, 0.4) is 0 Å². The number of nitrogens with zero attached hydrogens (tertiary/aromatic N) is 2. The highest BCUT2D eigenvalue weighted by atomic mass is 32.2. The number of hydrogen-bond donors (Lipinski definition) is 2. The molecule has 1 aromatic heterocycles. The van der Waals surface area contributed by atoms with Crippen molar-refractivity contribution in [1.82, 2.24) is 15.6 Å². The lowest BCUT2D eigenvalue weighted by Crippen LogP contribution is -2.32. The summed E-state index contributed by atoms with van der Waals surface area (Å²) in [5, 5.41) is 24.4. The molecule has 1 unspecified atom stereocenters. The van der Waals surface area contributed by atoms with E-state index < -0.39 is 6.10 Å². The minimum Gasteiger partial charge on any atom is -0.490 e. The summed E-state index contributed by atoms with van der Waals surface area (Å²) in [6.07, 6.45) is -0.595. The summed E-state index contributed by atoms with van der Waals surface area (Å²) < 4.78 is 10.7. The van der Waals surface area contributed by atoms with Crippen LogP contribution in [-0.4, -0.2) is 47.0 Å². The van der Waals surface area contributed by atoms with E-state index in [-0.39, 0.29) is 6.61 Å².